The fraction of sp³-hybridized carbons (Fsp3) is 0.417. The molecule has 7 heteroatoms. The minimum atomic E-state index is -0.896. The maximum atomic E-state index is 12.2. The van der Waals surface area contributed by atoms with Crippen LogP contribution in [-0.2, 0) is 26.3 Å². The highest BCUT2D eigenvalue weighted by molar-refractivity contribution is 5.83. The van der Waals surface area contributed by atoms with Crippen molar-refractivity contribution >= 4 is 11.9 Å². The molecule has 0 saturated heterocycles. The molecule has 2 aromatic rings. The number of carbonyl (C=O) groups is 2. The second kappa shape index (κ2) is 9.73. The third kappa shape index (κ3) is 6.38. The van der Waals surface area contributed by atoms with Gasteiger partial charge in [0.25, 0.3) is 5.91 Å². The van der Waals surface area contributed by atoms with Crippen molar-refractivity contribution in [3.8, 4) is 17.2 Å². The lowest BCUT2D eigenvalue weighted by Crippen LogP contribution is -2.35. The van der Waals surface area contributed by atoms with E-state index in [1.54, 1.807) is 13.0 Å². The first-order chi connectivity index (χ1) is 14.7. The molecule has 3 rings (SSSR count). The van der Waals surface area contributed by atoms with Gasteiger partial charge in [0.15, 0.2) is 17.6 Å². The van der Waals surface area contributed by atoms with Crippen molar-refractivity contribution < 1.29 is 28.5 Å². The molecule has 0 unspecified atom stereocenters. The zero-order chi connectivity index (χ0) is 22.4. The predicted octanol–water partition coefficient (Wildman–Crippen LogP) is 3.73. The SMILES string of the molecule is C[C@@H](OC(=O)CCOc1ccc(C(C)(C)C)cc1)C(=O)NCc1ccc2c(c1)OCO2. The lowest BCUT2D eigenvalue weighted by Gasteiger charge is -2.19. The monoisotopic (exact) mass is 427 g/mol. The first-order valence-electron chi connectivity index (χ1n) is 10.3. The Labute approximate surface area is 182 Å². The average Bonchev–Trinajstić information content (AvgIpc) is 3.19. The highest BCUT2D eigenvalue weighted by Crippen LogP contribution is 2.32. The van der Waals surface area contributed by atoms with Crippen molar-refractivity contribution in [1.29, 1.82) is 0 Å². The summed E-state index contributed by atoms with van der Waals surface area (Å²) in [6, 6.07) is 13.3. The van der Waals surface area contributed by atoms with Crippen LogP contribution in [0.25, 0.3) is 0 Å². The molecule has 0 bridgehead atoms. The fourth-order valence-corrected chi connectivity index (χ4v) is 3.00. The number of hydrogen-bond donors (Lipinski definition) is 1. The fourth-order valence-electron chi connectivity index (χ4n) is 3.00. The van der Waals surface area contributed by atoms with E-state index in [0.29, 0.717) is 23.8 Å². The van der Waals surface area contributed by atoms with Crippen LogP contribution in [0.5, 0.6) is 17.2 Å². The minimum absolute atomic E-state index is 0.0564. The molecule has 0 spiro atoms. The molecular formula is C24H29NO6. The molecule has 31 heavy (non-hydrogen) atoms. The lowest BCUT2D eigenvalue weighted by atomic mass is 9.87. The van der Waals surface area contributed by atoms with E-state index in [-0.39, 0.29) is 31.1 Å². The van der Waals surface area contributed by atoms with Gasteiger partial charge in [-0.3, -0.25) is 9.59 Å². The molecular weight excluding hydrogens is 398 g/mol. The summed E-state index contributed by atoms with van der Waals surface area (Å²) in [6.07, 6.45) is -0.839. The van der Waals surface area contributed by atoms with Gasteiger partial charge in [0.2, 0.25) is 6.79 Å². The van der Waals surface area contributed by atoms with Gasteiger partial charge in [0, 0.05) is 6.54 Å². The van der Waals surface area contributed by atoms with Crippen molar-refractivity contribution in [3.63, 3.8) is 0 Å². The van der Waals surface area contributed by atoms with E-state index in [2.05, 4.69) is 26.1 Å². The molecule has 166 valence electrons. The molecule has 1 aliphatic heterocycles. The molecule has 2 aromatic carbocycles. The topological polar surface area (TPSA) is 83.1 Å². The van der Waals surface area contributed by atoms with Crippen molar-refractivity contribution in [3.05, 3.63) is 53.6 Å². The summed E-state index contributed by atoms with van der Waals surface area (Å²) < 4.78 is 21.4. The maximum absolute atomic E-state index is 12.2. The maximum Gasteiger partial charge on any atom is 0.310 e. The lowest BCUT2D eigenvalue weighted by molar-refractivity contribution is -0.155. The number of esters is 1. The second-order valence-corrected chi connectivity index (χ2v) is 8.41. The Morgan fingerprint density at radius 1 is 1.06 bits per heavy atom. The van der Waals surface area contributed by atoms with E-state index in [1.165, 1.54) is 5.56 Å². The Hall–Kier alpha value is -3.22. The predicted molar refractivity (Wildman–Crippen MR) is 115 cm³/mol. The molecule has 1 heterocycles. The molecule has 1 amide bonds. The number of ether oxygens (including phenoxy) is 4. The van der Waals surface area contributed by atoms with Gasteiger partial charge in [0.1, 0.15) is 5.75 Å². The van der Waals surface area contributed by atoms with Crippen LogP contribution in [0.2, 0.25) is 0 Å². The number of rotatable bonds is 8. The highest BCUT2D eigenvalue weighted by Gasteiger charge is 2.19. The zero-order valence-electron chi connectivity index (χ0n) is 18.4. The van der Waals surface area contributed by atoms with Gasteiger partial charge in [-0.05, 0) is 47.7 Å². The molecule has 7 nitrogen and oxygen atoms in total. The summed E-state index contributed by atoms with van der Waals surface area (Å²) in [4.78, 5) is 24.2. The Kier molecular flexibility index (Phi) is 7.05. The molecule has 0 aromatic heterocycles. The molecule has 0 radical (unpaired) electrons. The number of nitrogens with one attached hydrogen (secondary N) is 1. The van der Waals surface area contributed by atoms with Crippen LogP contribution in [0.15, 0.2) is 42.5 Å². The van der Waals surface area contributed by atoms with Crippen molar-refractivity contribution in [2.24, 2.45) is 0 Å². The number of hydrogen-bond acceptors (Lipinski definition) is 6. The Morgan fingerprint density at radius 3 is 2.48 bits per heavy atom. The largest absolute Gasteiger partial charge is 0.493 e. The quantitative estimate of drug-likeness (QED) is 0.647. The van der Waals surface area contributed by atoms with Gasteiger partial charge in [-0.25, -0.2) is 0 Å². The number of benzene rings is 2. The van der Waals surface area contributed by atoms with E-state index in [9.17, 15) is 9.59 Å². The van der Waals surface area contributed by atoms with Gasteiger partial charge < -0.3 is 24.3 Å². The van der Waals surface area contributed by atoms with E-state index in [4.69, 9.17) is 18.9 Å². The van der Waals surface area contributed by atoms with Gasteiger partial charge in [0.05, 0.1) is 13.0 Å². The van der Waals surface area contributed by atoms with E-state index in [1.807, 2.05) is 36.4 Å². The van der Waals surface area contributed by atoms with Crippen molar-refractivity contribution in [2.45, 2.75) is 52.2 Å². The summed E-state index contributed by atoms with van der Waals surface area (Å²) in [6.45, 7) is 8.65. The molecule has 1 atom stereocenters. The van der Waals surface area contributed by atoms with E-state index >= 15 is 0 Å². The Balaban J connectivity index is 1.37. The summed E-state index contributed by atoms with van der Waals surface area (Å²) in [5, 5.41) is 2.75. The van der Waals surface area contributed by atoms with Gasteiger partial charge >= 0.3 is 5.97 Å². The van der Waals surface area contributed by atoms with Crippen molar-refractivity contribution in [1.82, 2.24) is 5.32 Å². The van der Waals surface area contributed by atoms with Gasteiger partial charge in [-0.2, -0.15) is 0 Å². The van der Waals surface area contributed by atoms with Crippen LogP contribution < -0.4 is 19.5 Å². The number of carbonyl (C=O) groups excluding carboxylic acids is 2. The zero-order valence-corrected chi connectivity index (χ0v) is 18.4. The van der Waals surface area contributed by atoms with E-state index in [0.717, 1.165) is 5.56 Å². The second-order valence-electron chi connectivity index (χ2n) is 8.41. The first kappa shape index (κ1) is 22.5. The molecule has 1 aliphatic rings. The van der Waals surface area contributed by atoms with Crippen LogP contribution in [0.4, 0.5) is 0 Å². The summed E-state index contributed by atoms with van der Waals surface area (Å²) in [5.74, 6) is 1.17. The third-order valence-corrected chi connectivity index (χ3v) is 4.88. The molecule has 0 saturated carbocycles. The van der Waals surface area contributed by atoms with E-state index < -0.39 is 12.1 Å². The van der Waals surface area contributed by atoms with Gasteiger partial charge in [-0.1, -0.05) is 39.0 Å². The number of fused-ring (bicyclic) bond motifs is 1. The normalized spacial score (nSPS) is 13.4. The minimum Gasteiger partial charge on any atom is -0.493 e. The standard InChI is InChI=1S/C24H29NO6/c1-16(23(27)25-14-17-5-10-20-21(13-17)30-15-29-20)31-22(26)11-12-28-19-8-6-18(7-9-19)24(2,3)4/h5-10,13,16H,11-12,14-15H2,1-4H3,(H,25,27)/t16-/m1/s1. The van der Waals surface area contributed by atoms with Crippen LogP contribution >= 0.6 is 0 Å². The summed E-state index contributed by atoms with van der Waals surface area (Å²) >= 11 is 0. The Morgan fingerprint density at radius 2 is 1.77 bits per heavy atom. The highest BCUT2D eigenvalue weighted by atomic mass is 16.7. The molecule has 0 aliphatic carbocycles. The van der Waals surface area contributed by atoms with Crippen LogP contribution in [0.3, 0.4) is 0 Å². The summed E-state index contributed by atoms with van der Waals surface area (Å²) in [5.41, 5.74) is 2.14. The number of amides is 1. The molecule has 1 N–H and O–H groups in total. The molecule has 0 fully saturated rings. The first-order valence-corrected chi connectivity index (χ1v) is 10.3. The Bertz CT molecular complexity index is 917. The van der Waals surface area contributed by atoms with Crippen LogP contribution in [0, 0.1) is 0 Å². The smallest absolute Gasteiger partial charge is 0.310 e. The van der Waals surface area contributed by atoms with Crippen molar-refractivity contribution in [2.75, 3.05) is 13.4 Å². The van der Waals surface area contributed by atoms with Gasteiger partial charge in [-0.15, -0.1) is 0 Å². The third-order valence-electron chi connectivity index (χ3n) is 4.88. The van der Waals surface area contributed by atoms with Crippen LogP contribution in [0.1, 0.15) is 45.2 Å². The average molecular weight is 427 g/mol. The van der Waals surface area contributed by atoms with Crippen LogP contribution in [-0.4, -0.2) is 31.4 Å². The summed E-state index contributed by atoms with van der Waals surface area (Å²) in [7, 11) is 0.